The number of hydrogen-bond donors (Lipinski definition) is 7. The third-order valence-corrected chi connectivity index (χ3v) is 10.9. The van der Waals surface area contributed by atoms with Crippen LogP contribution in [-0.4, -0.2) is 133 Å². The average Bonchev–Trinajstić information content (AvgIpc) is 3.74. The topological polar surface area (TPSA) is 268 Å². The van der Waals surface area contributed by atoms with Crippen molar-refractivity contribution < 1.29 is 70.8 Å². The second-order valence-electron chi connectivity index (χ2n) is 15.5. The number of rotatable bonds is 19. The molecule has 1 saturated heterocycles. The van der Waals surface area contributed by atoms with E-state index in [0.29, 0.717) is 17.8 Å². The van der Waals surface area contributed by atoms with Gasteiger partial charge in [0.1, 0.15) is 30.8 Å². The number of aromatic nitrogens is 1. The van der Waals surface area contributed by atoms with Gasteiger partial charge in [0, 0.05) is 61.4 Å². The number of nitrogens with one attached hydrogen (secondary N) is 2. The van der Waals surface area contributed by atoms with E-state index >= 15 is 4.39 Å². The smallest absolute Gasteiger partial charge is 0.480 e. The van der Waals surface area contributed by atoms with E-state index in [9.17, 15) is 51.4 Å². The van der Waals surface area contributed by atoms with E-state index in [2.05, 4.69) is 10.6 Å². The molecule has 350 valence electrons. The molecule has 0 aliphatic carbocycles. The number of likely N-dealkylation sites (tertiary alicyclic amines) is 1. The molecule has 23 heteroatoms. The summed E-state index contributed by atoms with van der Waals surface area (Å²) in [6.07, 6.45) is -3.61. The molecule has 17 nitrogen and oxygen atoms in total. The number of nitrogens with zero attached hydrogens (tertiary/aromatic N) is 3. The van der Waals surface area contributed by atoms with Crippen LogP contribution in [0.25, 0.3) is 11.1 Å². The van der Waals surface area contributed by atoms with E-state index in [0.717, 1.165) is 40.4 Å². The molecule has 0 radical (unpaired) electrons. The summed E-state index contributed by atoms with van der Waals surface area (Å²) in [7, 11) is 0. The third kappa shape index (κ3) is 15.1. The Hall–Kier alpha value is -5.91. The molecule has 1 aliphatic heterocycles. The van der Waals surface area contributed by atoms with Gasteiger partial charge in [-0.15, -0.1) is 11.8 Å². The van der Waals surface area contributed by atoms with E-state index < -0.39 is 101 Å². The van der Waals surface area contributed by atoms with Crippen LogP contribution < -0.4 is 22.1 Å². The van der Waals surface area contributed by atoms with Crippen LogP contribution in [0.3, 0.4) is 0 Å². The van der Waals surface area contributed by atoms with Crippen LogP contribution in [0, 0.1) is 17.0 Å². The molecule has 0 saturated carbocycles. The summed E-state index contributed by atoms with van der Waals surface area (Å²) in [5.41, 5.74) is 12.9. The number of hydrogen-bond acceptors (Lipinski definition) is 11. The number of halogens is 5. The molecule has 4 atom stereocenters. The Labute approximate surface area is 368 Å². The highest BCUT2D eigenvalue weighted by molar-refractivity contribution is 8.00. The van der Waals surface area contributed by atoms with Gasteiger partial charge in [0.25, 0.3) is 0 Å². The second-order valence-corrected chi connectivity index (χ2v) is 16.8. The highest BCUT2D eigenvalue weighted by atomic mass is 32.2. The Bertz CT molecular complexity index is 2150. The molecule has 4 rings (SSSR count). The lowest BCUT2D eigenvalue weighted by Crippen LogP contribution is -2.48. The van der Waals surface area contributed by atoms with Crippen LogP contribution >= 0.6 is 11.8 Å². The Kier molecular flexibility index (Phi) is 19.0. The molecule has 1 unspecified atom stereocenters. The molecular weight excluding hydrogens is 878 g/mol. The standard InChI is InChI=1S/C39H49F2N7O8S.C2HF3O2/c1-39(2,3)35(30-15-24(26-16-25(40)9-10-27(26)41)19-46(30)18-23-7-5-4-6-8-23)47(34(52)21-49)14-11-28(42)36(53)45-13-12-44-32(50)20-48-33(51)17-31(37(48)54)57-22-29(43)38(55)56;3-2(4,5)1(6)7/h4-10,15-16,19,28-29,31,35,49H,11-14,17-18,20-22,42-43H2,1-3H3,(H,44,50)(H,45,53)(H,55,56);(H,6,7)/t28-,29-,31?,35-;/m0./s1. The molecule has 2 heterocycles. The van der Waals surface area contributed by atoms with Gasteiger partial charge >= 0.3 is 18.1 Å². The maximum absolute atomic E-state index is 15.0. The van der Waals surface area contributed by atoms with Gasteiger partial charge in [0.15, 0.2) is 0 Å². The van der Waals surface area contributed by atoms with Crippen molar-refractivity contribution in [2.75, 3.05) is 38.5 Å². The van der Waals surface area contributed by atoms with Crippen molar-refractivity contribution in [2.45, 2.75) is 69.7 Å². The first-order chi connectivity index (χ1) is 29.8. The minimum atomic E-state index is -5.08. The number of benzene rings is 2. The number of thioether (sulfide) groups is 1. The predicted octanol–water partition coefficient (Wildman–Crippen LogP) is 2.25. The van der Waals surface area contributed by atoms with E-state index in [4.69, 9.17) is 26.5 Å². The summed E-state index contributed by atoms with van der Waals surface area (Å²) < 4.78 is 62.9. The van der Waals surface area contributed by atoms with Gasteiger partial charge in [-0.25, -0.2) is 13.6 Å². The maximum atomic E-state index is 15.0. The number of alkyl halides is 3. The Balaban J connectivity index is 0.00000143. The number of imide groups is 1. The van der Waals surface area contributed by atoms with E-state index in [1.54, 1.807) is 12.3 Å². The third-order valence-electron chi connectivity index (χ3n) is 9.54. The fourth-order valence-corrected chi connectivity index (χ4v) is 7.58. The molecule has 2 aromatic carbocycles. The van der Waals surface area contributed by atoms with Crippen LogP contribution in [0.5, 0.6) is 0 Å². The van der Waals surface area contributed by atoms with Crippen molar-refractivity contribution in [3.63, 3.8) is 0 Å². The molecule has 1 aromatic heterocycles. The number of aliphatic hydroxyl groups is 1. The summed E-state index contributed by atoms with van der Waals surface area (Å²) in [5.74, 6) is -8.42. The van der Waals surface area contributed by atoms with Gasteiger partial charge in [0.05, 0.1) is 17.3 Å². The number of carbonyl (C=O) groups excluding carboxylic acids is 5. The summed E-state index contributed by atoms with van der Waals surface area (Å²) in [4.78, 5) is 86.0. The summed E-state index contributed by atoms with van der Waals surface area (Å²) in [5, 5.41) is 30.4. The normalized spacial score (nSPS) is 15.4. The minimum absolute atomic E-state index is 0.0307. The number of carbonyl (C=O) groups is 7. The van der Waals surface area contributed by atoms with Crippen molar-refractivity contribution >= 4 is 53.2 Å². The monoisotopic (exact) mass is 927 g/mol. The van der Waals surface area contributed by atoms with E-state index in [-0.39, 0.29) is 43.8 Å². The SMILES string of the molecule is CC(C)(C)[C@H](c1cc(-c2cc(F)ccc2F)cn1Cc1ccccc1)N(CC[C@H](N)C(=O)NCCNC(=O)CN1C(=O)CC(SC[C@H](N)C(=O)O)C1=O)C(=O)CO.O=C(O)C(F)(F)F. The highest BCUT2D eigenvalue weighted by Gasteiger charge is 2.41. The van der Waals surface area contributed by atoms with Crippen LogP contribution in [0.15, 0.2) is 60.8 Å². The van der Waals surface area contributed by atoms with Gasteiger partial charge in [-0.05, 0) is 41.7 Å². The van der Waals surface area contributed by atoms with E-state index in [1.807, 2.05) is 55.7 Å². The zero-order valence-electron chi connectivity index (χ0n) is 34.9. The lowest BCUT2D eigenvalue weighted by molar-refractivity contribution is -0.192. The zero-order chi connectivity index (χ0) is 48.1. The molecule has 64 heavy (non-hydrogen) atoms. The first-order valence-electron chi connectivity index (χ1n) is 19.5. The molecule has 5 amide bonds. The van der Waals surface area contributed by atoms with Crippen molar-refractivity contribution in [1.82, 2.24) is 25.0 Å². The largest absolute Gasteiger partial charge is 0.490 e. The number of aliphatic carboxylic acids is 2. The first-order valence-corrected chi connectivity index (χ1v) is 20.5. The van der Waals surface area contributed by atoms with Crippen LogP contribution in [0.1, 0.15) is 50.9 Å². The lowest BCUT2D eigenvalue weighted by Gasteiger charge is -2.41. The van der Waals surface area contributed by atoms with Crippen molar-refractivity contribution in [3.8, 4) is 11.1 Å². The van der Waals surface area contributed by atoms with Gasteiger partial charge in [0.2, 0.25) is 29.5 Å². The number of nitrogens with two attached hydrogens (primary N) is 2. The quantitative estimate of drug-likeness (QED) is 0.0518. The summed E-state index contributed by atoms with van der Waals surface area (Å²) in [6, 6.07) is 11.2. The molecular formula is C41H50F5N7O10S. The number of carboxylic acid groups (broad SMARTS) is 2. The Morgan fingerprint density at radius 1 is 0.938 bits per heavy atom. The minimum Gasteiger partial charge on any atom is -0.480 e. The predicted molar refractivity (Wildman–Crippen MR) is 222 cm³/mol. The molecule has 3 aromatic rings. The number of amides is 5. The number of carboxylic acids is 2. The lowest BCUT2D eigenvalue weighted by atomic mass is 9.82. The van der Waals surface area contributed by atoms with Gasteiger partial charge in [-0.2, -0.15) is 13.2 Å². The van der Waals surface area contributed by atoms with Crippen molar-refractivity contribution in [2.24, 2.45) is 16.9 Å². The number of aliphatic hydroxyl groups excluding tert-OH is 1. The van der Waals surface area contributed by atoms with E-state index in [1.165, 1.54) is 4.90 Å². The Morgan fingerprint density at radius 3 is 2.14 bits per heavy atom. The molecule has 1 aliphatic rings. The fourth-order valence-electron chi connectivity index (χ4n) is 6.47. The molecule has 0 spiro atoms. The molecule has 9 N–H and O–H groups in total. The second kappa shape index (κ2) is 23.1. The van der Waals surface area contributed by atoms with Gasteiger partial charge in [-0.3, -0.25) is 33.7 Å². The molecule has 1 fully saturated rings. The van der Waals surface area contributed by atoms with Crippen molar-refractivity contribution in [1.29, 1.82) is 0 Å². The average molecular weight is 928 g/mol. The zero-order valence-corrected chi connectivity index (χ0v) is 35.8. The summed E-state index contributed by atoms with van der Waals surface area (Å²) >= 11 is 0.934. The first kappa shape index (κ1) is 52.4. The van der Waals surface area contributed by atoms with Gasteiger partial charge in [-0.1, -0.05) is 51.1 Å². The highest BCUT2D eigenvalue weighted by Crippen LogP contribution is 2.41. The van der Waals surface area contributed by atoms with Crippen LogP contribution in [0.2, 0.25) is 0 Å². The fraction of sp³-hybridized carbons (Fsp3) is 0.439. The van der Waals surface area contributed by atoms with Crippen LogP contribution in [0.4, 0.5) is 22.0 Å². The Morgan fingerprint density at radius 2 is 1.56 bits per heavy atom. The van der Waals surface area contributed by atoms with Crippen molar-refractivity contribution in [3.05, 3.63) is 83.7 Å². The summed E-state index contributed by atoms with van der Waals surface area (Å²) in [6.45, 7) is 4.43. The maximum Gasteiger partial charge on any atom is 0.490 e. The molecule has 0 bridgehead atoms. The van der Waals surface area contributed by atoms with Gasteiger partial charge < -0.3 is 46.9 Å². The van der Waals surface area contributed by atoms with Crippen LogP contribution in [-0.2, 0) is 40.1 Å².